The van der Waals surface area contributed by atoms with Gasteiger partial charge in [-0.2, -0.15) is 0 Å². The Hall–Kier alpha value is -2.17. The number of imidazole rings is 1. The van der Waals surface area contributed by atoms with Crippen LogP contribution in [0.2, 0.25) is 0 Å². The van der Waals surface area contributed by atoms with Gasteiger partial charge in [-0.25, -0.2) is 4.98 Å². The summed E-state index contributed by atoms with van der Waals surface area (Å²) in [7, 11) is 1.62. The first-order valence-electron chi connectivity index (χ1n) is 5.85. The number of ether oxygens (including phenoxy) is 1. The van der Waals surface area contributed by atoms with Crippen LogP contribution in [-0.4, -0.2) is 22.7 Å². The maximum atomic E-state index is 5.78. The second-order valence-corrected chi connectivity index (χ2v) is 4.26. The van der Waals surface area contributed by atoms with Gasteiger partial charge in [0.1, 0.15) is 5.75 Å². The summed E-state index contributed by atoms with van der Waals surface area (Å²) in [6, 6.07) is 5.97. The fourth-order valence-electron chi connectivity index (χ4n) is 1.84. The van der Waals surface area contributed by atoms with Gasteiger partial charge in [0, 0.05) is 36.7 Å². The van der Waals surface area contributed by atoms with Crippen LogP contribution in [-0.2, 0) is 6.54 Å². The van der Waals surface area contributed by atoms with Gasteiger partial charge in [-0.3, -0.25) is 0 Å². The van der Waals surface area contributed by atoms with Gasteiger partial charge in [0.15, 0.2) is 0 Å². The van der Waals surface area contributed by atoms with Gasteiger partial charge in [-0.15, -0.1) is 0 Å². The van der Waals surface area contributed by atoms with E-state index in [-0.39, 0.29) is 6.04 Å². The van der Waals surface area contributed by atoms with Gasteiger partial charge in [-0.05, 0) is 19.1 Å². The minimum Gasteiger partial charge on any atom is -0.495 e. The van der Waals surface area contributed by atoms with Crippen LogP contribution in [0.3, 0.4) is 0 Å². The largest absolute Gasteiger partial charge is 0.495 e. The molecule has 1 aromatic carbocycles. The van der Waals surface area contributed by atoms with Crippen LogP contribution in [0.25, 0.3) is 0 Å². The van der Waals surface area contributed by atoms with Gasteiger partial charge < -0.3 is 20.4 Å². The van der Waals surface area contributed by atoms with E-state index in [2.05, 4.69) is 17.2 Å². The molecule has 18 heavy (non-hydrogen) atoms. The number of benzene rings is 1. The van der Waals surface area contributed by atoms with Gasteiger partial charge in [0.25, 0.3) is 0 Å². The van der Waals surface area contributed by atoms with E-state index >= 15 is 0 Å². The minimum absolute atomic E-state index is 0.285. The highest BCUT2D eigenvalue weighted by Gasteiger charge is 2.05. The summed E-state index contributed by atoms with van der Waals surface area (Å²) < 4.78 is 7.23. The molecule has 2 aromatic rings. The Labute approximate surface area is 107 Å². The van der Waals surface area contributed by atoms with Crippen molar-refractivity contribution in [3.63, 3.8) is 0 Å². The van der Waals surface area contributed by atoms with Crippen molar-refractivity contribution < 1.29 is 4.74 Å². The van der Waals surface area contributed by atoms with Gasteiger partial charge in [0.2, 0.25) is 0 Å². The number of aromatic nitrogens is 2. The molecule has 0 amide bonds. The molecule has 1 unspecified atom stereocenters. The molecule has 0 aliphatic carbocycles. The summed E-state index contributed by atoms with van der Waals surface area (Å²) >= 11 is 0. The third-order valence-electron chi connectivity index (χ3n) is 2.69. The highest BCUT2D eigenvalue weighted by atomic mass is 16.5. The summed E-state index contributed by atoms with van der Waals surface area (Å²) in [5, 5.41) is 3.40. The normalized spacial score (nSPS) is 12.1. The fourth-order valence-corrected chi connectivity index (χ4v) is 1.84. The molecule has 0 radical (unpaired) electrons. The molecule has 0 aliphatic heterocycles. The Balaban J connectivity index is 2.00. The van der Waals surface area contributed by atoms with Crippen molar-refractivity contribution in [2.45, 2.75) is 19.5 Å². The van der Waals surface area contributed by atoms with E-state index in [9.17, 15) is 0 Å². The van der Waals surface area contributed by atoms with Crippen molar-refractivity contribution in [1.29, 1.82) is 0 Å². The second-order valence-electron chi connectivity index (χ2n) is 4.26. The Bertz CT molecular complexity index is 496. The zero-order valence-electron chi connectivity index (χ0n) is 10.6. The molecule has 3 N–H and O–H groups in total. The number of methoxy groups -OCH3 is 1. The number of nitrogens with one attached hydrogen (secondary N) is 1. The Morgan fingerprint density at radius 2 is 2.33 bits per heavy atom. The van der Waals surface area contributed by atoms with Crippen LogP contribution in [0.1, 0.15) is 6.92 Å². The highest BCUT2D eigenvalue weighted by Crippen LogP contribution is 2.25. The molecular weight excluding hydrogens is 228 g/mol. The minimum atomic E-state index is 0.285. The average molecular weight is 246 g/mol. The van der Waals surface area contributed by atoms with Gasteiger partial charge in [-0.1, -0.05) is 0 Å². The predicted octanol–water partition coefficient (Wildman–Crippen LogP) is 1.97. The maximum Gasteiger partial charge on any atom is 0.143 e. The lowest BCUT2D eigenvalue weighted by atomic mass is 10.2. The van der Waals surface area contributed by atoms with E-state index in [0.29, 0.717) is 11.4 Å². The summed E-state index contributed by atoms with van der Waals surface area (Å²) in [5.41, 5.74) is 7.41. The molecule has 5 nitrogen and oxygen atoms in total. The number of anilines is 2. The molecule has 0 fully saturated rings. The lowest BCUT2D eigenvalue weighted by molar-refractivity contribution is 0.417. The van der Waals surface area contributed by atoms with Crippen LogP contribution >= 0.6 is 0 Å². The Morgan fingerprint density at radius 3 is 3.00 bits per heavy atom. The monoisotopic (exact) mass is 246 g/mol. The molecule has 1 heterocycles. The number of nitrogen functional groups attached to an aromatic ring is 1. The lowest BCUT2D eigenvalue weighted by Crippen LogP contribution is -2.21. The first-order chi connectivity index (χ1) is 8.69. The molecule has 0 saturated carbocycles. The summed E-state index contributed by atoms with van der Waals surface area (Å²) in [6.07, 6.45) is 5.53. The number of rotatable bonds is 5. The molecule has 0 bridgehead atoms. The smallest absolute Gasteiger partial charge is 0.143 e. The third-order valence-corrected chi connectivity index (χ3v) is 2.69. The molecule has 5 heteroatoms. The van der Waals surface area contributed by atoms with E-state index in [0.717, 1.165) is 12.2 Å². The van der Waals surface area contributed by atoms with Gasteiger partial charge >= 0.3 is 0 Å². The van der Waals surface area contributed by atoms with Crippen molar-refractivity contribution >= 4 is 11.4 Å². The number of nitrogens with zero attached hydrogens (tertiary/aromatic N) is 2. The predicted molar refractivity (Wildman–Crippen MR) is 72.7 cm³/mol. The number of nitrogens with two attached hydrogens (primary N) is 1. The molecule has 96 valence electrons. The fraction of sp³-hybridized carbons (Fsp3) is 0.308. The standard InChI is InChI=1S/C13H18N4O/c1-10(8-17-6-5-15-9-17)16-11-3-4-12(14)13(7-11)18-2/h3-7,9-10,16H,8,14H2,1-2H3. The van der Waals surface area contributed by atoms with E-state index < -0.39 is 0 Å². The van der Waals surface area contributed by atoms with Crippen LogP contribution < -0.4 is 15.8 Å². The first kappa shape index (κ1) is 12.3. The second kappa shape index (κ2) is 5.44. The Morgan fingerprint density at radius 1 is 1.50 bits per heavy atom. The van der Waals surface area contributed by atoms with Crippen molar-refractivity contribution in [2.24, 2.45) is 0 Å². The van der Waals surface area contributed by atoms with E-state index in [1.54, 1.807) is 13.3 Å². The van der Waals surface area contributed by atoms with Crippen LogP contribution in [0.15, 0.2) is 36.9 Å². The van der Waals surface area contributed by atoms with Crippen molar-refractivity contribution in [2.75, 3.05) is 18.2 Å². The molecule has 0 aliphatic rings. The van der Waals surface area contributed by atoms with Crippen molar-refractivity contribution in [3.05, 3.63) is 36.9 Å². The Kier molecular flexibility index (Phi) is 3.72. The third kappa shape index (κ3) is 2.94. The zero-order chi connectivity index (χ0) is 13.0. The van der Waals surface area contributed by atoms with Crippen molar-refractivity contribution in [3.8, 4) is 5.75 Å². The van der Waals surface area contributed by atoms with Gasteiger partial charge in [0.05, 0.1) is 19.1 Å². The van der Waals surface area contributed by atoms with Crippen LogP contribution in [0.4, 0.5) is 11.4 Å². The summed E-state index contributed by atoms with van der Waals surface area (Å²) in [4.78, 5) is 4.02. The topological polar surface area (TPSA) is 65.1 Å². The first-order valence-corrected chi connectivity index (χ1v) is 5.85. The number of hydrogen-bond donors (Lipinski definition) is 2. The maximum absolute atomic E-state index is 5.78. The zero-order valence-corrected chi connectivity index (χ0v) is 10.6. The molecule has 0 spiro atoms. The molecule has 1 atom stereocenters. The van der Waals surface area contributed by atoms with Crippen LogP contribution in [0, 0.1) is 0 Å². The molecule has 0 saturated heterocycles. The summed E-state index contributed by atoms with van der Waals surface area (Å²) in [5.74, 6) is 0.690. The molecule has 1 aromatic heterocycles. The van der Waals surface area contributed by atoms with E-state index in [1.165, 1.54) is 0 Å². The van der Waals surface area contributed by atoms with E-state index in [1.807, 2.05) is 35.3 Å². The highest BCUT2D eigenvalue weighted by molar-refractivity contribution is 5.61. The van der Waals surface area contributed by atoms with Crippen LogP contribution in [0.5, 0.6) is 5.75 Å². The number of hydrogen-bond acceptors (Lipinski definition) is 4. The lowest BCUT2D eigenvalue weighted by Gasteiger charge is -2.16. The molecular formula is C13H18N4O. The summed E-state index contributed by atoms with van der Waals surface area (Å²) in [6.45, 7) is 2.97. The van der Waals surface area contributed by atoms with E-state index in [4.69, 9.17) is 10.5 Å². The SMILES string of the molecule is COc1cc(NC(C)Cn2ccnc2)ccc1N. The van der Waals surface area contributed by atoms with Crippen molar-refractivity contribution in [1.82, 2.24) is 9.55 Å². The quantitative estimate of drug-likeness (QED) is 0.792. The molecule has 2 rings (SSSR count). The average Bonchev–Trinajstić information content (AvgIpc) is 2.84.